The molecule has 0 N–H and O–H groups in total. The Morgan fingerprint density at radius 3 is 2.37 bits per heavy atom. The molecule has 0 atom stereocenters. The van der Waals surface area contributed by atoms with Crippen molar-refractivity contribution in [2.24, 2.45) is 0 Å². The molecule has 0 amide bonds. The average molecular weight is 265 g/mol. The molecule has 2 nitrogen and oxygen atoms in total. The molecule has 0 aliphatic rings. The average Bonchev–Trinajstić information content (AvgIpc) is 2.38. The maximum Gasteiger partial charge on any atom is 0.573 e. The van der Waals surface area contributed by atoms with Crippen LogP contribution in [0.15, 0.2) is 49.3 Å². The lowest BCUT2D eigenvalue weighted by Gasteiger charge is -2.10. The second kappa shape index (κ2) is 5.14. The van der Waals surface area contributed by atoms with Gasteiger partial charge in [-0.3, -0.25) is 4.98 Å². The van der Waals surface area contributed by atoms with Gasteiger partial charge in [0.15, 0.2) is 0 Å². The van der Waals surface area contributed by atoms with Gasteiger partial charge < -0.3 is 4.74 Å². The number of ether oxygens (including phenoxy) is 1. The lowest BCUT2D eigenvalue weighted by molar-refractivity contribution is -0.274. The standard InChI is InChI=1S/C14H10F3NO/c1-2-10-9-18-8-7-13(10)11-3-5-12(6-4-11)19-14(15,16)17/h2-9H,1H2. The first-order chi connectivity index (χ1) is 8.99. The molecule has 98 valence electrons. The molecule has 1 aromatic heterocycles. The van der Waals surface area contributed by atoms with Crippen molar-refractivity contribution in [1.82, 2.24) is 4.98 Å². The molecule has 0 fully saturated rings. The molecule has 0 unspecified atom stereocenters. The van der Waals surface area contributed by atoms with Gasteiger partial charge in [0, 0.05) is 18.0 Å². The van der Waals surface area contributed by atoms with Gasteiger partial charge in [-0.05, 0) is 29.3 Å². The summed E-state index contributed by atoms with van der Waals surface area (Å²) in [6, 6.07) is 7.44. The monoisotopic (exact) mass is 265 g/mol. The van der Waals surface area contributed by atoms with Crippen LogP contribution in [0, 0.1) is 0 Å². The Balaban J connectivity index is 2.30. The van der Waals surface area contributed by atoms with Crippen molar-refractivity contribution in [1.29, 1.82) is 0 Å². The van der Waals surface area contributed by atoms with Crippen LogP contribution in [0.4, 0.5) is 13.2 Å². The predicted molar refractivity (Wildman–Crippen MR) is 66.4 cm³/mol. The summed E-state index contributed by atoms with van der Waals surface area (Å²) in [5, 5.41) is 0. The molecule has 0 aliphatic heterocycles. The van der Waals surface area contributed by atoms with Gasteiger partial charge in [0.05, 0.1) is 0 Å². The van der Waals surface area contributed by atoms with Gasteiger partial charge in [-0.25, -0.2) is 0 Å². The van der Waals surface area contributed by atoms with E-state index in [2.05, 4.69) is 16.3 Å². The number of alkyl halides is 3. The van der Waals surface area contributed by atoms with Crippen molar-refractivity contribution >= 4 is 6.08 Å². The minimum Gasteiger partial charge on any atom is -0.406 e. The summed E-state index contributed by atoms with van der Waals surface area (Å²) in [5.41, 5.74) is 2.43. The van der Waals surface area contributed by atoms with E-state index in [0.717, 1.165) is 16.7 Å². The van der Waals surface area contributed by atoms with Crippen LogP contribution in [-0.2, 0) is 0 Å². The fourth-order valence-electron chi connectivity index (χ4n) is 1.67. The smallest absolute Gasteiger partial charge is 0.406 e. The summed E-state index contributed by atoms with van der Waals surface area (Å²) in [6.45, 7) is 3.67. The van der Waals surface area contributed by atoms with Gasteiger partial charge in [-0.1, -0.05) is 24.8 Å². The molecule has 0 radical (unpaired) electrons. The quantitative estimate of drug-likeness (QED) is 0.825. The Morgan fingerprint density at radius 2 is 1.79 bits per heavy atom. The minimum atomic E-state index is -4.68. The molecule has 19 heavy (non-hydrogen) atoms. The third-order valence-corrected chi connectivity index (χ3v) is 2.47. The van der Waals surface area contributed by atoms with Crippen LogP contribution in [0.3, 0.4) is 0 Å². The van der Waals surface area contributed by atoms with E-state index in [1.165, 1.54) is 12.1 Å². The zero-order chi connectivity index (χ0) is 13.9. The van der Waals surface area contributed by atoms with Gasteiger partial charge in [0.25, 0.3) is 0 Å². The molecule has 0 saturated carbocycles. The number of rotatable bonds is 3. The molecule has 0 bridgehead atoms. The molecule has 1 heterocycles. The Kier molecular flexibility index (Phi) is 3.55. The molecule has 5 heteroatoms. The van der Waals surface area contributed by atoms with E-state index in [9.17, 15) is 13.2 Å². The first kappa shape index (κ1) is 13.1. The second-order valence-corrected chi connectivity index (χ2v) is 3.74. The highest BCUT2D eigenvalue weighted by molar-refractivity contribution is 5.74. The zero-order valence-electron chi connectivity index (χ0n) is 9.82. The fraction of sp³-hybridized carbons (Fsp3) is 0.0714. The second-order valence-electron chi connectivity index (χ2n) is 3.74. The van der Waals surface area contributed by atoms with Crippen molar-refractivity contribution in [3.63, 3.8) is 0 Å². The van der Waals surface area contributed by atoms with Crippen LogP contribution in [0.25, 0.3) is 17.2 Å². The molecule has 1 aromatic carbocycles. The van der Waals surface area contributed by atoms with Gasteiger partial charge in [0.1, 0.15) is 5.75 Å². The number of pyridine rings is 1. The number of nitrogens with zero attached hydrogens (tertiary/aromatic N) is 1. The van der Waals surface area contributed by atoms with Crippen LogP contribution >= 0.6 is 0 Å². The Hall–Kier alpha value is -2.30. The first-order valence-electron chi connectivity index (χ1n) is 5.42. The van der Waals surface area contributed by atoms with E-state index < -0.39 is 6.36 Å². The first-order valence-corrected chi connectivity index (χ1v) is 5.42. The van der Waals surface area contributed by atoms with Gasteiger partial charge in [-0.2, -0.15) is 0 Å². The van der Waals surface area contributed by atoms with Crippen molar-refractivity contribution in [3.8, 4) is 16.9 Å². The molecular weight excluding hydrogens is 255 g/mol. The molecular formula is C14H10F3NO. The number of hydrogen-bond donors (Lipinski definition) is 0. The summed E-state index contributed by atoms with van der Waals surface area (Å²) in [4.78, 5) is 3.96. The lowest BCUT2D eigenvalue weighted by atomic mass is 10.0. The van der Waals surface area contributed by atoms with Crippen LogP contribution < -0.4 is 4.74 Å². The van der Waals surface area contributed by atoms with E-state index in [1.54, 1.807) is 36.7 Å². The largest absolute Gasteiger partial charge is 0.573 e. The summed E-state index contributed by atoms with van der Waals surface area (Å²) in [7, 11) is 0. The summed E-state index contributed by atoms with van der Waals surface area (Å²) >= 11 is 0. The molecule has 0 aliphatic carbocycles. The highest BCUT2D eigenvalue weighted by atomic mass is 19.4. The number of hydrogen-bond acceptors (Lipinski definition) is 2. The third kappa shape index (κ3) is 3.34. The minimum absolute atomic E-state index is 0.245. The SMILES string of the molecule is C=Cc1cnccc1-c1ccc(OC(F)(F)F)cc1. The topological polar surface area (TPSA) is 22.1 Å². The molecule has 0 saturated heterocycles. The van der Waals surface area contributed by atoms with E-state index in [-0.39, 0.29) is 5.75 Å². The molecule has 2 rings (SSSR count). The normalized spacial score (nSPS) is 11.1. The summed E-state index contributed by atoms with van der Waals surface area (Å²) in [6.07, 6.45) is 0.220. The van der Waals surface area contributed by atoms with E-state index in [0.29, 0.717) is 0 Å². The van der Waals surface area contributed by atoms with Crippen molar-refractivity contribution in [2.45, 2.75) is 6.36 Å². The maximum absolute atomic E-state index is 12.0. The van der Waals surface area contributed by atoms with Crippen molar-refractivity contribution in [3.05, 3.63) is 54.9 Å². The van der Waals surface area contributed by atoms with E-state index in [4.69, 9.17) is 0 Å². The van der Waals surface area contributed by atoms with E-state index >= 15 is 0 Å². The van der Waals surface area contributed by atoms with Crippen LogP contribution in [0.5, 0.6) is 5.75 Å². The van der Waals surface area contributed by atoms with Crippen LogP contribution in [-0.4, -0.2) is 11.3 Å². The Labute approximate surface area is 108 Å². The predicted octanol–water partition coefficient (Wildman–Crippen LogP) is 4.29. The molecule has 2 aromatic rings. The zero-order valence-corrected chi connectivity index (χ0v) is 9.82. The third-order valence-electron chi connectivity index (χ3n) is 2.47. The van der Waals surface area contributed by atoms with Gasteiger partial charge in [-0.15, -0.1) is 13.2 Å². The van der Waals surface area contributed by atoms with Crippen molar-refractivity contribution < 1.29 is 17.9 Å². The number of halogens is 3. The lowest BCUT2D eigenvalue weighted by Crippen LogP contribution is -2.16. The highest BCUT2D eigenvalue weighted by Gasteiger charge is 2.30. The maximum atomic E-state index is 12.0. The number of benzene rings is 1. The summed E-state index contributed by atoms with van der Waals surface area (Å²) < 4.78 is 39.9. The Morgan fingerprint density at radius 1 is 1.11 bits per heavy atom. The highest BCUT2D eigenvalue weighted by Crippen LogP contribution is 2.28. The Bertz CT molecular complexity index is 576. The van der Waals surface area contributed by atoms with Crippen molar-refractivity contribution in [2.75, 3.05) is 0 Å². The molecule has 0 spiro atoms. The van der Waals surface area contributed by atoms with Gasteiger partial charge >= 0.3 is 6.36 Å². The number of aromatic nitrogens is 1. The van der Waals surface area contributed by atoms with Gasteiger partial charge in [0.2, 0.25) is 0 Å². The fourth-order valence-corrected chi connectivity index (χ4v) is 1.67. The summed E-state index contributed by atoms with van der Waals surface area (Å²) in [5.74, 6) is -0.245. The van der Waals surface area contributed by atoms with Crippen LogP contribution in [0.1, 0.15) is 5.56 Å². The van der Waals surface area contributed by atoms with Crippen LogP contribution in [0.2, 0.25) is 0 Å². The van der Waals surface area contributed by atoms with E-state index in [1.807, 2.05) is 0 Å².